The first-order valence-electron chi connectivity index (χ1n) is 0.707. The van der Waals surface area contributed by atoms with Gasteiger partial charge < -0.3 is 15.1 Å². The van der Waals surface area contributed by atoms with Crippen LogP contribution in [0.4, 0.5) is 0 Å². The zero-order chi connectivity index (χ0) is 3.58. The fourth-order valence-corrected chi connectivity index (χ4v) is 0. The van der Waals surface area contributed by atoms with E-state index in [1.165, 1.54) is 0 Å². The third-order valence-electron chi connectivity index (χ3n) is 0. The summed E-state index contributed by atoms with van der Waals surface area (Å²) in [5.74, 6) is 0. The quantitative estimate of drug-likeness (QED) is 0.325. The Morgan fingerprint density at radius 2 is 1.00 bits per heavy atom. The van der Waals surface area contributed by atoms with E-state index >= 15 is 0 Å². The van der Waals surface area contributed by atoms with E-state index in [0.29, 0.717) is 0 Å². The molecule has 0 radical (unpaired) electrons. The minimum Gasteiger partial charge on any atom is -0.907 e. The molecule has 0 aliphatic heterocycles. The third-order valence-corrected chi connectivity index (χ3v) is 0. The molecule has 6 heteroatoms. The second kappa shape index (κ2) is 10.0. The molecular formula is BBeO3Rb. The van der Waals surface area contributed by atoms with Gasteiger partial charge in [0.15, 0.2) is 0 Å². The van der Waals surface area contributed by atoms with E-state index in [-0.39, 0.29) is 68.3 Å². The van der Waals surface area contributed by atoms with E-state index < -0.39 is 7.32 Å². The van der Waals surface area contributed by atoms with Gasteiger partial charge >= 0.3 is 68.3 Å². The molecule has 0 fully saturated rings. The van der Waals surface area contributed by atoms with Crippen molar-refractivity contribution < 1.29 is 73.3 Å². The van der Waals surface area contributed by atoms with Crippen LogP contribution in [-0.2, 0) is 0 Å². The molecule has 0 bridgehead atoms. The van der Waals surface area contributed by atoms with Crippen molar-refractivity contribution in [3.05, 3.63) is 0 Å². The van der Waals surface area contributed by atoms with Gasteiger partial charge in [-0.25, -0.2) is 0 Å². The van der Waals surface area contributed by atoms with Crippen molar-refractivity contribution >= 4 is 17.4 Å². The predicted molar refractivity (Wildman–Crippen MR) is 11.5 cm³/mol. The molecule has 6 heavy (non-hydrogen) atoms. The fraction of sp³-hybridized carbons (Fsp3) is 0. The molecule has 0 atom stereocenters. The van der Waals surface area contributed by atoms with Gasteiger partial charge in [0.2, 0.25) is 0 Å². The van der Waals surface area contributed by atoms with Gasteiger partial charge in [0.05, 0.1) is 0 Å². The van der Waals surface area contributed by atoms with Gasteiger partial charge in [-0.15, -0.1) is 0 Å². The molecule has 0 rings (SSSR count). The van der Waals surface area contributed by atoms with Gasteiger partial charge in [0.1, 0.15) is 0 Å². The SMILES string of the molecule is [Be+2].[O-]B([O-])[O-].[Rb+]. The van der Waals surface area contributed by atoms with Crippen molar-refractivity contribution in [2.75, 3.05) is 0 Å². The second-order valence-corrected chi connectivity index (χ2v) is 0.289. The largest absolute Gasteiger partial charge is 2.00 e. The minimum atomic E-state index is -2.92. The van der Waals surface area contributed by atoms with E-state index in [4.69, 9.17) is 15.1 Å². The molecule has 0 saturated carbocycles. The average Bonchev–Trinajstić information content (AvgIpc) is 0.811. The maximum absolute atomic E-state index is 8.42. The Morgan fingerprint density at radius 3 is 1.00 bits per heavy atom. The second-order valence-electron chi connectivity index (χ2n) is 0.289. The van der Waals surface area contributed by atoms with Crippen LogP contribution in [0.2, 0.25) is 0 Å². The molecule has 0 heterocycles. The fourth-order valence-electron chi connectivity index (χ4n) is 0. The summed E-state index contributed by atoms with van der Waals surface area (Å²) in [4.78, 5) is 0. The topological polar surface area (TPSA) is 69.2 Å². The molecule has 24 valence electrons. The summed E-state index contributed by atoms with van der Waals surface area (Å²) in [7, 11) is -2.92. The summed E-state index contributed by atoms with van der Waals surface area (Å²) in [5.41, 5.74) is 0. The Bertz CT molecular complexity index is 15.5. The number of hydrogen-bond acceptors (Lipinski definition) is 3. The van der Waals surface area contributed by atoms with Gasteiger partial charge in [-0.05, 0) is 0 Å². The maximum Gasteiger partial charge on any atom is 2.00 e. The van der Waals surface area contributed by atoms with Crippen LogP contribution >= 0.6 is 0 Å². The molecule has 0 aromatic heterocycles. The van der Waals surface area contributed by atoms with Crippen LogP contribution in [0.25, 0.3) is 0 Å². The first-order valence-corrected chi connectivity index (χ1v) is 0.707. The zero-order valence-electron chi connectivity index (χ0n) is 3.51. The Hall–Kier alpha value is 1.92. The van der Waals surface area contributed by atoms with Crippen molar-refractivity contribution in [1.82, 2.24) is 0 Å². The van der Waals surface area contributed by atoms with E-state index in [0.717, 1.165) is 0 Å². The molecule has 0 aromatic carbocycles. The van der Waals surface area contributed by atoms with Gasteiger partial charge in [-0.3, -0.25) is 7.32 Å². The van der Waals surface area contributed by atoms with Crippen molar-refractivity contribution in [2.45, 2.75) is 0 Å². The maximum atomic E-state index is 8.42. The number of hydrogen-bond donors (Lipinski definition) is 0. The van der Waals surface area contributed by atoms with Crippen molar-refractivity contribution in [1.29, 1.82) is 0 Å². The molecule has 0 saturated heterocycles. The summed E-state index contributed by atoms with van der Waals surface area (Å²) < 4.78 is 0. The van der Waals surface area contributed by atoms with Crippen LogP contribution in [0.5, 0.6) is 0 Å². The summed E-state index contributed by atoms with van der Waals surface area (Å²) in [5, 5.41) is 25.2. The Kier molecular flexibility index (Phi) is 26.2. The molecule has 0 aliphatic carbocycles. The van der Waals surface area contributed by atoms with Gasteiger partial charge in [0, 0.05) is 0 Å². The standard InChI is InChI=1S/BO3.Be.Rb/c2-1(3)4;;/q-3;+2;+1. The van der Waals surface area contributed by atoms with Gasteiger partial charge in [-0.2, -0.15) is 0 Å². The minimum absolute atomic E-state index is 0. The summed E-state index contributed by atoms with van der Waals surface area (Å²) in [6.07, 6.45) is 0. The monoisotopic (exact) mass is 153 g/mol. The van der Waals surface area contributed by atoms with Crippen LogP contribution in [-0.4, -0.2) is 17.4 Å². The van der Waals surface area contributed by atoms with Crippen molar-refractivity contribution in [2.24, 2.45) is 0 Å². The predicted octanol–water partition coefficient (Wildman–Crippen LogP) is -7.32. The van der Waals surface area contributed by atoms with Crippen LogP contribution in [0.1, 0.15) is 0 Å². The molecule has 0 aromatic rings. The molecule has 3 nitrogen and oxygen atoms in total. The van der Waals surface area contributed by atoms with E-state index in [2.05, 4.69) is 0 Å². The first-order chi connectivity index (χ1) is 1.73. The van der Waals surface area contributed by atoms with Gasteiger partial charge in [-0.1, -0.05) is 0 Å². The van der Waals surface area contributed by atoms with Gasteiger partial charge in [0.25, 0.3) is 0 Å². The normalized spacial score (nSPS) is 4.50. The smallest absolute Gasteiger partial charge is 0.907 e. The molecule has 0 unspecified atom stereocenters. The van der Waals surface area contributed by atoms with E-state index in [1.54, 1.807) is 0 Å². The molecule has 0 aliphatic rings. The molecule has 0 spiro atoms. The van der Waals surface area contributed by atoms with Crippen LogP contribution in [0, 0.1) is 0 Å². The van der Waals surface area contributed by atoms with Crippen LogP contribution in [0.15, 0.2) is 0 Å². The van der Waals surface area contributed by atoms with Crippen molar-refractivity contribution in [3.63, 3.8) is 0 Å². The summed E-state index contributed by atoms with van der Waals surface area (Å²) >= 11 is 0. The first kappa shape index (κ1) is 15.7. The van der Waals surface area contributed by atoms with E-state index in [9.17, 15) is 0 Å². The Balaban J connectivity index is -0.0000000450. The molecule has 0 amide bonds. The Morgan fingerprint density at radius 1 is 1.00 bits per heavy atom. The summed E-state index contributed by atoms with van der Waals surface area (Å²) in [6, 6.07) is 0. The van der Waals surface area contributed by atoms with Crippen molar-refractivity contribution in [3.8, 4) is 0 Å². The molecule has 0 N–H and O–H groups in total. The average molecular weight is 153 g/mol. The third kappa shape index (κ3) is 38.9. The zero-order valence-corrected chi connectivity index (χ0v) is 8.43. The Labute approximate surface area is 88.9 Å². The van der Waals surface area contributed by atoms with E-state index in [1.807, 2.05) is 0 Å². The summed E-state index contributed by atoms with van der Waals surface area (Å²) in [6.45, 7) is 0. The number of rotatable bonds is 0. The molecular weight excluding hydrogens is 153 g/mol. The van der Waals surface area contributed by atoms with Crippen LogP contribution in [0.3, 0.4) is 0 Å². The van der Waals surface area contributed by atoms with Crippen LogP contribution < -0.4 is 73.3 Å².